The van der Waals surface area contributed by atoms with E-state index in [9.17, 15) is 9.18 Å². The summed E-state index contributed by atoms with van der Waals surface area (Å²) in [5, 5.41) is 3.18. The summed E-state index contributed by atoms with van der Waals surface area (Å²) in [5.41, 5.74) is 1.73. The van der Waals surface area contributed by atoms with Crippen LogP contribution in [0.15, 0.2) is 54.6 Å². The SMILES string of the molecule is O=C(NC[C@@H](c1ccc(F)cc1)N1CCOCC1)C1(c2ccccc2)CC1. The number of nitrogens with zero attached hydrogens (tertiary/aromatic N) is 1. The Morgan fingerprint density at radius 1 is 1.07 bits per heavy atom. The molecule has 0 spiro atoms. The van der Waals surface area contributed by atoms with Gasteiger partial charge in [-0.25, -0.2) is 4.39 Å². The van der Waals surface area contributed by atoms with Crippen molar-refractivity contribution in [1.29, 1.82) is 0 Å². The maximum absolute atomic E-state index is 13.4. The van der Waals surface area contributed by atoms with Gasteiger partial charge in [-0.05, 0) is 36.1 Å². The molecular weight excluding hydrogens is 343 g/mol. The van der Waals surface area contributed by atoms with Crippen LogP contribution >= 0.6 is 0 Å². The van der Waals surface area contributed by atoms with Crippen molar-refractivity contribution in [3.63, 3.8) is 0 Å². The summed E-state index contributed by atoms with van der Waals surface area (Å²) in [5.74, 6) is -0.154. The minimum absolute atomic E-state index is 0.0185. The number of hydrogen-bond acceptors (Lipinski definition) is 3. The van der Waals surface area contributed by atoms with E-state index in [4.69, 9.17) is 4.74 Å². The number of carbonyl (C=O) groups excluding carboxylic acids is 1. The molecule has 1 aliphatic heterocycles. The van der Waals surface area contributed by atoms with Crippen molar-refractivity contribution < 1.29 is 13.9 Å². The zero-order chi connectivity index (χ0) is 18.7. The van der Waals surface area contributed by atoms with Gasteiger partial charge in [0.1, 0.15) is 5.82 Å². The Labute approximate surface area is 159 Å². The summed E-state index contributed by atoms with van der Waals surface area (Å²) in [6, 6.07) is 16.6. The lowest BCUT2D eigenvalue weighted by atomic mass is 9.94. The Kier molecular flexibility index (Phi) is 5.23. The standard InChI is InChI=1S/C22H25FN2O2/c23-19-8-6-17(7-9-19)20(25-12-14-27-15-13-25)16-24-21(26)22(10-11-22)18-4-2-1-3-5-18/h1-9,20H,10-16H2,(H,24,26)/t20-/m0/s1. The molecule has 142 valence electrons. The van der Waals surface area contributed by atoms with Crippen LogP contribution in [0.2, 0.25) is 0 Å². The number of hydrogen-bond donors (Lipinski definition) is 1. The summed E-state index contributed by atoms with van der Waals surface area (Å²) in [6.45, 7) is 3.49. The van der Waals surface area contributed by atoms with E-state index in [-0.39, 0.29) is 23.2 Å². The summed E-state index contributed by atoms with van der Waals surface area (Å²) >= 11 is 0. The average molecular weight is 368 g/mol. The van der Waals surface area contributed by atoms with Crippen LogP contribution in [0.25, 0.3) is 0 Å². The number of rotatable bonds is 6. The highest BCUT2D eigenvalue weighted by atomic mass is 19.1. The van der Waals surface area contributed by atoms with Gasteiger partial charge in [0.15, 0.2) is 0 Å². The Bertz CT molecular complexity index is 769. The molecule has 2 fully saturated rings. The van der Waals surface area contributed by atoms with E-state index >= 15 is 0 Å². The zero-order valence-electron chi connectivity index (χ0n) is 15.4. The molecular formula is C22H25FN2O2. The van der Waals surface area contributed by atoms with E-state index < -0.39 is 0 Å². The van der Waals surface area contributed by atoms with Gasteiger partial charge in [-0.15, -0.1) is 0 Å². The minimum atomic E-state index is -0.375. The normalized spacial score (nSPS) is 20.0. The van der Waals surface area contributed by atoms with E-state index in [0.29, 0.717) is 19.8 Å². The average Bonchev–Trinajstić information content (AvgIpc) is 3.53. The maximum Gasteiger partial charge on any atom is 0.230 e. The summed E-state index contributed by atoms with van der Waals surface area (Å²) in [4.78, 5) is 15.3. The Hall–Kier alpha value is -2.24. The summed E-state index contributed by atoms with van der Waals surface area (Å²) in [6.07, 6.45) is 1.78. The number of nitrogens with one attached hydrogen (secondary N) is 1. The van der Waals surface area contributed by atoms with Crippen LogP contribution in [-0.2, 0) is 14.9 Å². The molecule has 4 rings (SSSR count). The Morgan fingerprint density at radius 2 is 1.74 bits per heavy atom. The molecule has 0 radical (unpaired) electrons. The number of carbonyl (C=O) groups is 1. The van der Waals surface area contributed by atoms with E-state index in [1.807, 2.05) is 42.5 Å². The third-order valence-electron chi connectivity index (χ3n) is 5.71. The number of halogens is 1. The lowest BCUT2D eigenvalue weighted by molar-refractivity contribution is -0.124. The molecule has 1 aliphatic carbocycles. The molecule has 27 heavy (non-hydrogen) atoms. The van der Waals surface area contributed by atoms with E-state index in [1.54, 1.807) is 0 Å². The van der Waals surface area contributed by atoms with Crippen molar-refractivity contribution in [3.8, 4) is 0 Å². The lowest BCUT2D eigenvalue weighted by Gasteiger charge is -2.35. The molecule has 0 aromatic heterocycles. The van der Waals surface area contributed by atoms with Crippen LogP contribution in [0, 0.1) is 5.82 Å². The van der Waals surface area contributed by atoms with Crippen LogP contribution in [0.5, 0.6) is 0 Å². The minimum Gasteiger partial charge on any atom is -0.379 e. The molecule has 1 N–H and O–H groups in total. The molecule has 2 aliphatic rings. The van der Waals surface area contributed by atoms with Crippen LogP contribution in [0.1, 0.15) is 30.0 Å². The summed E-state index contributed by atoms with van der Waals surface area (Å²) in [7, 11) is 0. The van der Waals surface area contributed by atoms with Crippen molar-refractivity contribution in [3.05, 3.63) is 71.5 Å². The van der Waals surface area contributed by atoms with Crippen molar-refractivity contribution >= 4 is 5.91 Å². The Balaban J connectivity index is 1.48. The first-order valence-electron chi connectivity index (χ1n) is 9.60. The quantitative estimate of drug-likeness (QED) is 0.852. The molecule has 0 unspecified atom stereocenters. The van der Waals surface area contributed by atoms with Gasteiger partial charge < -0.3 is 10.1 Å². The fraction of sp³-hybridized carbons (Fsp3) is 0.409. The van der Waals surface area contributed by atoms with Crippen molar-refractivity contribution in [2.45, 2.75) is 24.3 Å². The van der Waals surface area contributed by atoms with Crippen LogP contribution in [0.4, 0.5) is 4.39 Å². The van der Waals surface area contributed by atoms with Gasteiger partial charge in [-0.1, -0.05) is 42.5 Å². The zero-order valence-corrected chi connectivity index (χ0v) is 15.4. The van der Waals surface area contributed by atoms with Gasteiger partial charge in [-0.3, -0.25) is 9.69 Å². The molecule has 1 atom stereocenters. The number of benzene rings is 2. The highest BCUT2D eigenvalue weighted by Crippen LogP contribution is 2.48. The first-order chi connectivity index (χ1) is 13.2. The molecule has 1 amide bonds. The maximum atomic E-state index is 13.4. The van der Waals surface area contributed by atoms with Gasteiger partial charge >= 0.3 is 0 Å². The molecule has 1 heterocycles. The molecule has 1 saturated heterocycles. The molecule has 2 aromatic rings. The van der Waals surface area contributed by atoms with E-state index in [2.05, 4.69) is 10.2 Å². The molecule has 4 nitrogen and oxygen atoms in total. The number of amides is 1. The highest BCUT2D eigenvalue weighted by Gasteiger charge is 2.51. The van der Waals surface area contributed by atoms with Crippen LogP contribution in [-0.4, -0.2) is 43.7 Å². The van der Waals surface area contributed by atoms with Crippen LogP contribution in [0.3, 0.4) is 0 Å². The first kappa shape index (κ1) is 18.1. The van der Waals surface area contributed by atoms with Gasteiger partial charge in [-0.2, -0.15) is 0 Å². The largest absolute Gasteiger partial charge is 0.379 e. The van der Waals surface area contributed by atoms with E-state index in [1.165, 1.54) is 12.1 Å². The van der Waals surface area contributed by atoms with E-state index in [0.717, 1.165) is 37.1 Å². The smallest absolute Gasteiger partial charge is 0.230 e. The van der Waals surface area contributed by atoms with Gasteiger partial charge in [0.25, 0.3) is 0 Å². The third kappa shape index (κ3) is 3.89. The Morgan fingerprint density at radius 3 is 2.37 bits per heavy atom. The fourth-order valence-electron chi connectivity index (χ4n) is 3.92. The number of morpholine rings is 1. The molecule has 0 bridgehead atoms. The second kappa shape index (κ2) is 7.79. The monoisotopic (exact) mass is 368 g/mol. The van der Waals surface area contributed by atoms with Crippen molar-refractivity contribution in [1.82, 2.24) is 10.2 Å². The second-order valence-electron chi connectivity index (χ2n) is 7.37. The third-order valence-corrected chi connectivity index (χ3v) is 5.71. The predicted molar refractivity (Wildman–Crippen MR) is 102 cm³/mol. The molecule has 2 aromatic carbocycles. The molecule has 1 saturated carbocycles. The van der Waals surface area contributed by atoms with Crippen molar-refractivity contribution in [2.24, 2.45) is 0 Å². The predicted octanol–water partition coefficient (Wildman–Crippen LogP) is 3.05. The fourth-order valence-corrected chi connectivity index (χ4v) is 3.92. The highest BCUT2D eigenvalue weighted by molar-refractivity contribution is 5.91. The van der Waals surface area contributed by atoms with Gasteiger partial charge in [0.2, 0.25) is 5.91 Å². The van der Waals surface area contributed by atoms with Gasteiger partial charge in [0.05, 0.1) is 24.7 Å². The lowest BCUT2D eigenvalue weighted by Crippen LogP contribution is -2.45. The first-order valence-corrected chi connectivity index (χ1v) is 9.60. The number of ether oxygens (including phenoxy) is 1. The van der Waals surface area contributed by atoms with Gasteiger partial charge in [0, 0.05) is 19.6 Å². The molecule has 5 heteroatoms. The van der Waals surface area contributed by atoms with Crippen LogP contribution < -0.4 is 5.32 Å². The van der Waals surface area contributed by atoms with Crippen molar-refractivity contribution in [2.75, 3.05) is 32.8 Å². The topological polar surface area (TPSA) is 41.6 Å². The second-order valence-corrected chi connectivity index (χ2v) is 7.37. The summed E-state index contributed by atoms with van der Waals surface area (Å²) < 4.78 is 18.8.